The van der Waals surface area contributed by atoms with Gasteiger partial charge in [-0.05, 0) is 129 Å². The fourth-order valence-electron chi connectivity index (χ4n) is 9.57. The molecule has 0 amide bonds. The molecule has 0 bridgehead atoms. The summed E-state index contributed by atoms with van der Waals surface area (Å²) < 4.78 is 92.4. The molecule has 85 heavy (non-hydrogen) atoms. The minimum atomic E-state index is -5.00. The topological polar surface area (TPSA) is 220 Å². The van der Waals surface area contributed by atoms with E-state index in [9.17, 15) is 45.1 Å². The van der Waals surface area contributed by atoms with Gasteiger partial charge in [0.25, 0.3) is 0 Å². The number of allylic oxidation sites excluding steroid dienone is 8. The molecule has 476 valence electrons. The Morgan fingerprint density at radius 1 is 0.329 bits per heavy atom. The van der Waals surface area contributed by atoms with Crippen LogP contribution in [0.5, 0.6) is 0 Å². The van der Waals surface area contributed by atoms with Gasteiger partial charge in [0, 0.05) is 0 Å². The Kier molecular flexibility index (Phi) is 52.2. The van der Waals surface area contributed by atoms with E-state index in [2.05, 4.69) is 48.6 Å². The van der Waals surface area contributed by atoms with Crippen LogP contribution in [0.25, 0.3) is 0 Å². The molecule has 0 aliphatic carbocycles. The molecule has 2 rings (SSSR count). The number of rotatable bonds is 50. The molecule has 2 aromatic carbocycles. The first-order valence-corrected chi connectivity index (χ1v) is 34.8. The Labute approximate surface area is 544 Å². The maximum absolute atomic E-state index is 12.9. The largest absolute Gasteiger partial charge is 2.00 e. The van der Waals surface area contributed by atoms with Gasteiger partial charge in [0.15, 0.2) is 0 Å². The number of carbonyl (C=O) groups excluding carboxylic acids is 4. The summed E-state index contributed by atoms with van der Waals surface area (Å²) in [6.45, 7) is 8.63. The number of hydrogen-bond donors (Lipinski definition) is 0. The molecule has 0 radical (unpaired) electrons. The molecule has 0 fully saturated rings. The minimum Gasteiger partial charge on any atom is -0.744 e. The summed E-state index contributed by atoms with van der Waals surface area (Å²) in [5.41, 5.74) is -1.59. The van der Waals surface area contributed by atoms with Crippen LogP contribution in [0.1, 0.15) is 300 Å². The average Bonchev–Trinajstić information content (AvgIpc) is 3.62. The van der Waals surface area contributed by atoms with Crippen LogP contribution in [-0.4, -0.2) is 114 Å². The van der Waals surface area contributed by atoms with E-state index in [0.29, 0.717) is 25.7 Å². The number of unbranched alkanes of at least 4 members (excludes halogenated alkanes) is 32. The third kappa shape index (κ3) is 42.0. The molecular weight excluding hydrogens is 1140 g/mol. The monoisotopic (exact) mass is 1250 g/mol. The van der Waals surface area contributed by atoms with Crippen molar-refractivity contribution in [3.8, 4) is 0 Å². The normalized spacial score (nSPS) is 11.7. The van der Waals surface area contributed by atoms with Crippen LogP contribution in [0.3, 0.4) is 0 Å². The molecule has 2 aromatic rings. The van der Waals surface area contributed by atoms with Crippen molar-refractivity contribution < 1.29 is 64.1 Å². The maximum atomic E-state index is 12.9. The quantitative estimate of drug-likeness (QED) is 0.0150. The average molecular weight is 1250 g/mol. The van der Waals surface area contributed by atoms with Crippen LogP contribution < -0.4 is 0 Å². The summed E-state index contributed by atoms with van der Waals surface area (Å²) >= 11 is 0. The van der Waals surface area contributed by atoms with Crippen LogP contribution in [0.15, 0.2) is 94.8 Å². The first kappa shape index (κ1) is 81.4. The molecule has 0 atom stereocenters. The van der Waals surface area contributed by atoms with Gasteiger partial charge in [-0.2, -0.15) is 0 Å². The SMILES string of the molecule is C/C=C/CCCCCCCCCCOC(=O)c1cccc(S(=O)(=O)[O-])c1C(=O)OCCCCCCCCCC/C=C/C.C/C=C/CCCCCCCCCCOC(=O)c1cccc(S(=O)(=O)[O-])c1C(=O)OCCCCCCCCCC/C=C/C.[Ca+2]. The zero-order valence-corrected chi connectivity index (χ0v) is 56.4. The van der Waals surface area contributed by atoms with Gasteiger partial charge in [0.1, 0.15) is 20.2 Å². The van der Waals surface area contributed by atoms with Crippen LogP contribution in [0.4, 0.5) is 0 Å². The molecule has 0 aliphatic rings. The van der Waals surface area contributed by atoms with Gasteiger partial charge in [0.2, 0.25) is 0 Å². The van der Waals surface area contributed by atoms with Gasteiger partial charge in [-0.1, -0.05) is 215 Å². The van der Waals surface area contributed by atoms with Crippen molar-refractivity contribution in [1.82, 2.24) is 0 Å². The number of carbonyl (C=O) groups is 4. The Bertz CT molecular complexity index is 2260. The first-order chi connectivity index (χ1) is 40.6. The first-order valence-electron chi connectivity index (χ1n) is 32.0. The summed E-state index contributed by atoms with van der Waals surface area (Å²) in [5.74, 6) is -3.66. The van der Waals surface area contributed by atoms with E-state index >= 15 is 0 Å². The van der Waals surface area contributed by atoms with Gasteiger partial charge in [-0.3, -0.25) is 0 Å². The van der Waals surface area contributed by atoms with Crippen molar-refractivity contribution in [3.63, 3.8) is 0 Å². The molecule has 0 unspecified atom stereocenters. The van der Waals surface area contributed by atoms with Crippen LogP contribution in [-0.2, 0) is 39.2 Å². The Hall–Kier alpha value is -3.64. The smallest absolute Gasteiger partial charge is 0.744 e. The van der Waals surface area contributed by atoms with E-state index in [1.807, 2.05) is 27.7 Å². The van der Waals surface area contributed by atoms with Crippen LogP contribution in [0, 0.1) is 0 Å². The minimum absolute atomic E-state index is 0. The number of benzene rings is 2. The van der Waals surface area contributed by atoms with E-state index in [-0.39, 0.29) is 75.3 Å². The molecule has 14 nitrogen and oxygen atoms in total. The van der Waals surface area contributed by atoms with Crippen molar-refractivity contribution in [2.24, 2.45) is 0 Å². The van der Waals surface area contributed by atoms with Gasteiger partial charge in [-0.15, -0.1) is 0 Å². The van der Waals surface area contributed by atoms with Crippen molar-refractivity contribution in [2.45, 2.75) is 269 Å². The Morgan fingerprint density at radius 3 is 0.741 bits per heavy atom. The maximum Gasteiger partial charge on any atom is 2.00 e. The van der Waals surface area contributed by atoms with Gasteiger partial charge >= 0.3 is 61.6 Å². The van der Waals surface area contributed by atoms with Gasteiger partial charge in [-0.25, -0.2) is 36.0 Å². The zero-order chi connectivity index (χ0) is 61.8. The number of esters is 4. The van der Waals surface area contributed by atoms with Gasteiger partial charge < -0.3 is 28.1 Å². The number of hydrogen-bond acceptors (Lipinski definition) is 14. The van der Waals surface area contributed by atoms with Crippen molar-refractivity contribution in [2.75, 3.05) is 26.4 Å². The van der Waals surface area contributed by atoms with Gasteiger partial charge in [0.05, 0.1) is 58.5 Å². The second-order valence-corrected chi connectivity index (χ2v) is 24.3. The molecule has 0 aromatic heterocycles. The third-order valence-corrected chi connectivity index (χ3v) is 16.1. The summed E-state index contributed by atoms with van der Waals surface area (Å²) in [6, 6.07) is 7.16. The summed E-state index contributed by atoms with van der Waals surface area (Å²) in [5, 5.41) is 0. The third-order valence-electron chi connectivity index (χ3n) is 14.4. The van der Waals surface area contributed by atoms with E-state index in [4.69, 9.17) is 18.9 Å². The summed E-state index contributed by atoms with van der Waals surface area (Å²) in [6.07, 6.45) is 55.8. The van der Waals surface area contributed by atoms with E-state index < -0.39 is 65.0 Å². The molecule has 0 saturated heterocycles. The standard InChI is InChI=1S/2C34H54O7S.Ca/c2*1-3-5-7-9-11-13-15-17-19-21-23-28-40-33(35)30-26-25-27-31(42(37,38)39)32(30)34(36)41-29-24-22-20-18-16-14-12-10-8-6-4-2;/h2*3-6,25-27H,7-24,28-29H2,1-2H3,(H,37,38,39);/q;;+2/p-2/b2*5-3+,6-4+;. The van der Waals surface area contributed by atoms with E-state index in [0.717, 1.165) is 115 Å². The summed E-state index contributed by atoms with van der Waals surface area (Å²) in [7, 11) is -10.0. The van der Waals surface area contributed by atoms with Crippen molar-refractivity contribution in [3.05, 3.63) is 107 Å². The summed E-state index contributed by atoms with van der Waals surface area (Å²) in [4.78, 5) is 49.7. The Morgan fingerprint density at radius 2 is 0.529 bits per heavy atom. The van der Waals surface area contributed by atoms with E-state index in [1.54, 1.807) is 0 Å². The Balaban J connectivity index is 0.00000164. The predicted octanol–water partition coefficient (Wildman–Crippen LogP) is 17.8. The molecule has 17 heteroatoms. The van der Waals surface area contributed by atoms with Crippen LogP contribution in [0.2, 0.25) is 0 Å². The molecule has 0 heterocycles. The fraction of sp³-hybridized carbons (Fsp3) is 0.647. The van der Waals surface area contributed by atoms with Crippen molar-refractivity contribution >= 4 is 81.9 Å². The van der Waals surface area contributed by atoms with Crippen molar-refractivity contribution in [1.29, 1.82) is 0 Å². The second kappa shape index (κ2) is 54.5. The molecular formula is C68H106CaO14S2. The second-order valence-electron chi connectivity index (χ2n) is 21.6. The zero-order valence-electron chi connectivity index (χ0n) is 52.6. The molecule has 0 saturated carbocycles. The molecule has 0 spiro atoms. The van der Waals surface area contributed by atoms with Crippen LogP contribution >= 0.6 is 0 Å². The predicted molar refractivity (Wildman–Crippen MR) is 341 cm³/mol. The molecule has 0 N–H and O–H groups in total. The number of ether oxygens (including phenoxy) is 4. The van der Waals surface area contributed by atoms with E-state index in [1.165, 1.54) is 127 Å². The fourth-order valence-corrected chi connectivity index (χ4v) is 10.9. The molecule has 0 aliphatic heterocycles.